The van der Waals surface area contributed by atoms with Gasteiger partial charge in [0.25, 0.3) is 0 Å². The molecule has 2 N–H and O–H groups in total. The van der Waals surface area contributed by atoms with Gasteiger partial charge in [0.2, 0.25) is 11.9 Å². The fourth-order valence-corrected chi connectivity index (χ4v) is 2.44. The normalized spacial score (nSPS) is 14.5. The molecule has 0 spiro atoms. The Morgan fingerprint density at radius 3 is 2.96 bits per heavy atom. The van der Waals surface area contributed by atoms with Gasteiger partial charge in [-0.2, -0.15) is 10.1 Å². The number of hydrogen-bond acceptors (Lipinski definition) is 7. The first kappa shape index (κ1) is 16.8. The Morgan fingerprint density at radius 2 is 2.16 bits per heavy atom. The number of benzene rings is 1. The number of rotatable bonds is 5. The van der Waals surface area contributed by atoms with E-state index in [1.165, 1.54) is 6.92 Å². The van der Waals surface area contributed by atoms with Gasteiger partial charge in [-0.3, -0.25) is 4.79 Å². The van der Waals surface area contributed by atoms with Gasteiger partial charge in [-0.1, -0.05) is 12.1 Å². The van der Waals surface area contributed by atoms with Gasteiger partial charge in [-0.25, -0.2) is 10.4 Å². The molecule has 130 valence electrons. The molecule has 1 aromatic heterocycles. The van der Waals surface area contributed by atoms with Gasteiger partial charge >= 0.3 is 0 Å². The zero-order chi connectivity index (χ0) is 17.5. The van der Waals surface area contributed by atoms with Crippen LogP contribution in [0.25, 0.3) is 0 Å². The summed E-state index contributed by atoms with van der Waals surface area (Å²) in [6.07, 6.45) is 3.35. The third-order valence-corrected chi connectivity index (χ3v) is 3.56. The smallest absolute Gasteiger partial charge is 0.245 e. The fraction of sp³-hybridized carbons (Fsp3) is 0.294. The standard InChI is InChI=1S/C17H20N6O2/c1-13(24)20-15-4-2-3-14(11-15)12-19-22-17-18-6-5-16(21-17)23-7-9-25-10-8-23/h2-6,11-12H,7-10H2,1H3,(H,20,24)(H,18,21,22)/b19-12+. The monoisotopic (exact) mass is 340 g/mol. The lowest BCUT2D eigenvalue weighted by Gasteiger charge is -2.27. The molecule has 1 aliphatic heterocycles. The maximum absolute atomic E-state index is 11.1. The molecule has 0 aliphatic carbocycles. The van der Waals surface area contributed by atoms with E-state index in [2.05, 4.69) is 30.7 Å². The lowest BCUT2D eigenvalue weighted by molar-refractivity contribution is -0.114. The van der Waals surface area contributed by atoms with Crippen molar-refractivity contribution in [3.8, 4) is 0 Å². The summed E-state index contributed by atoms with van der Waals surface area (Å²) in [6.45, 7) is 4.51. The molecule has 1 amide bonds. The zero-order valence-electron chi connectivity index (χ0n) is 14.0. The lowest BCUT2D eigenvalue weighted by atomic mass is 10.2. The van der Waals surface area contributed by atoms with E-state index in [0.29, 0.717) is 19.2 Å². The molecule has 0 radical (unpaired) electrons. The van der Waals surface area contributed by atoms with Crippen LogP contribution in [0.2, 0.25) is 0 Å². The first-order chi connectivity index (χ1) is 12.2. The molecular formula is C17H20N6O2. The van der Waals surface area contributed by atoms with E-state index in [4.69, 9.17) is 4.74 Å². The van der Waals surface area contributed by atoms with E-state index in [1.807, 2.05) is 30.3 Å². The van der Waals surface area contributed by atoms with Gasteiger partial charge in [0.05, 0.1) is 19.4 Å². The Bertz CT molecular complexity index is 758. The summed E-state index contributed by atoms with van der Waals surface area (Å²) in [6, 6.07) is 9.26. The van der Waals surface area contributed by atoms with Crippen molar-refractivity contribution in [3.05, 3.63) is 42.1 Å². The molecule has 8 heteroatoms. The molecule has 1 aliphatic rings. The summed E-state index contributed by atoms with van der Waals surface area (Å²) >= 11 is 0. The number of amides is 1. The maximum Gasteiger partial charge on any atom is 0.245 e. The van der Waals surface area contributed by atoms with Crippen LogP contribution in [0.5, 0.6) is 0 Å². The lowest BCUT2D eigenvalue weighted by Crippen LogP contribution is -2.36. The number of carbonyl (C=O) groups excluding carboxylic acids is 1. The van der Waals surface area contributed by atoms with Crippen LogP contribution in [0.15, 0.2) is 41.6 Å². The van der Waals surface area contributed by atoms with Crippen LogP contribution in [0.4, 0.5) is 17.5 Å². The Kier molecular flexibility index (Phi) is 5.53. The highest BCUT2D eigenvalue weighted by molar-refractivity contribution is 5.90. The molecular weight excluding hydrogens is 320 g/mol. The molecule has 25 heavy (non-hydrogen) atoms. The molecule has 0 unspecified atom stereocenters. The SMILES string of the molecule is CC(=O)Nc1cccc(/C=N/Nc2nccc(N3CCOCC3)n2)c1. The largest absolute Gasteiger partial charge is 0.378 e. The number of aromatic nitrogens is 2. The molecule has 1 saturated heterocycles. The average molecular weight is 340 g/mol. The number of nitrogens with zero attached hydrogens (tertiary/aromatic N) is 4. The summed E-state index contributed by atoms with van der Waals surface area (Å²) < 4.78 is 5.35. The Hall–Kier alpha value is -3.00. The first-order valence-corrected chi connectivity index (χ1v) is 8.03. The highest BCUT2D eigenvalue weighted by atomic mass is 16.5. The number of hydrazone groups is 1. The molecule has 2 heterocycles. The van der Waals surface area contributed by atoms with Gasteiger partial charge in [0, 0.05) is 31.9 Å². The summed E-state index contributed by atoms with van der Waals surface area (Å²) in [5.74, 6) is 1.17. The second kappa shape index (κ2) is 8.20. The van der Waals surface area contributed by atoms with E-state index in [-0.39, 0.29) is 5.91 Å². The van der Waals surface area contributed by atoms with Crippen LogP contribution < -0.4 is 15.6 Å². The molecule has 8 nitrogen and oxygen atoms in total. The van der Waals surface area contributed by atoms with Crippen molar-refractivity contribution in [2.75, 3.05) is 41.9 Å². The molecule has 3 rings (SSSR count). The van der Waals surface area contributed by atoms with E-state index < -0.39 is 0 Å². The molecule has 1 aromatic carbocycles. The second-order valence-corrected chi connectivity index (χ2v) is 5.51. The van der Waals surface area contributed by atoms with Gasteiger partial charge in [-0.15, -0.1) is 0 Å². The summed E-state index contributed by atoms with van der Waals surface area (Å²) in [5, 5.41) is 6.90. The minimum absolute atomic E-state index is 0.111. The van der Waals surface area contributed by atoms with E-state index in [9.17, 15) is 4.79 Å². The Balaban J connectivity index is 1.63. The summed E-state index contributed by atoms with van der Waals surface area (Å²) in [4.78, 5) is 21.9. The molecule has 2 aromatic rings. The predicted octanol–water partition coefficient (Wildman–Crippen LogP) is 1.72. The van der Waals surface area contributed by atoms with Crippen LogP contribution in [0, 0.1) is 0 Å². The zero-order valence-corrected chi connectivity index (χ0v) is 14.0. The van der Waals surface area contributed by atoms with E-state index in [0.717, 1.165) is 30.2 Å². The molecule has 0 bridgehead atoms. The van der Waals surface area contributed by atoms with Crippen molar-refractivity contribution in [2.24, 2.45) is 5.10 Å². The Labute approximate surface area is 145 Å². The van der Waals surface area contributed by atoms with Crippen LogP contribution in [-0.4, -0.2) is 48.4 Å². The highest BCUT2D eigenvalue weighted by Gasteiger charge is 2.12. The van der Waals surface area contributed by atoms with Crippen LogP contribution in [0.1, 0.15) is 12.5 Å². The van der Waals surface area contributed by atoms with Crippen molar-refractivity contribution >= 4 is 29.6 Å². The van der Waals surface area contributed by atoms with Gasteiger partial charge in [0.1, 0.15) is 5.82 Å². The number of hydrogen-bond donors (Lipinski definition) is 2. The van der Waals surface area contributed by atoms with Crippen molar-refractivity contribution in [2.45, 2.75) is 6.92 Å². The third kappa shape index (κ3) is 4.98. The van der Waals surface area contributed by atoms with Crippen LogP contribution in [0.3, 0.4) is 0 Å². The number of anilines is 3. The molecule has 0 atom stereocenters. The van der Waals surface area contributed by atoms with Crippen molar-refractivity contribution in [1.29, 1.82) is 0 Å². The second-order valence-electron chi connectivity index (χ2n) is 5.51. The predicted molar refractivity (Wildman–Crippen MR) is 97.0 cm³/mol. The number of ether oxygens (including phenoxy) is 1. The van der Waals surface area contributed by atoms with Crippen LogP contribution in [-0.2, 0) is 9.53 Å². The number of nitrogens with one attached hydrogen (secondary N) is 2. The van der Waals surface area contributed by atoms with Gasteiger partial charge in [-0.05, 0) is 23.8 Å². The average Bonchev–Trinajstić information content (AvgIpc) is 2.63. The van der Waals surface area contributed by atoms with E-state index >= 15 is 0 Å². The van der Waals surface area contributed by atoms with E-state index in [1.54, 1.807) is 12.4 Å². The number of morpholine rings is 1. The van der Waals surface area contributed by atoms with Crippen molar-refractivity contribution in [3.63, 3.8) is 0 Å². The third-order valence-electron chi connectivity index (χ3n) is 3.56. The van der Waals surface area contributed by atoms with Crippen molar-refractivity contribution < 1.29 is 9.53 Å². The summed E-state index contributed by atoms with van der Waals surface area (Å²) in [7, 11) is 0. The minimum Gasteiger partial charge on any atom is -0.378 e. The van der Waals surface area contributed by atoms with Gasteiger partial charge in [0.15, 0.2) is 0 Å². The van der Waals surface area contributed by atoms with Gasteiger partial charge < -0.3 is 15.0 Å². The minimum atomic E-state index is -0.111. The molecule has 0 saturated carbocycles. The highest BCUT2D eigenvalue weighted by Crippen LogP contribution is 2.14. The Morgan fingerprint density at radius 1 is 1.32 bits per heavy atom. The van der Waals surface area contributed by atoms with Crippen molar-refractivity contribution in [1.82, 2.24) is 9.97 Å². The number of carbonyl (C=O) groups is 1. The summed E-state index contributed by atoms with van der Waals surface area (Å²) in [5.41, 5.74) is 4.41. The topological polar surface area (TPSA) is 91.7 Å². The first-order valence-electron chi connectivity index (χ1n) is 8.03. The fourth-order valence-electron chi connectivity index (χ4n) is 2.44. The maximum atomic E-state index is 11.1. The molecule has 1 fully saturated rings. The quantitative estimate of drug-likeness (QED) is 0.636. The van der Waals surface area contributed by atoms with Crippen LogP contribution >= 0.6 is 0 Å².